The van der Waals surface area contributed by atoms with Crippen molar-refractivity contribution in [1.82, 2.24) is 0 Å². The van der Waals surface area contributed by atoms with Crippen LogP contribution in [0.5, 0.6) is 0 Å². The van der Waals surface area contributed by atoms with Gasteiger partial charge in [0.25, 0.3) is 0 Å². The van der Waals surface area contributed by atoms with Gasteiger partial charge in [-0.25, -0.2) is 8.42 Å². The lowest BCUT2D eigenvalue weighted by Gasteiger charge is -2.50. The van der Waals surface area contributed by atoms with E-state index in [1.165, 1.54) is 0 Å². The monoisotopic (exact) mass is 190 g/mol. The Morgan fingerprint density at radius 1 is 1.33 bits per heavy atom. The largest absolute Gasteiger partial charge is 0.374 e. The molecule has 2 rings (SSSR count). The van der Waals surface area contributed by atoms with Crippen LogP contribution < -0.4 is 0 Å². The molecule has 0 aromatic heterocycles. The normalized spacial score (nSPS) is 37.6. The van der Waals surface area contributed by atoms with E-state index in [4.69, 9.17) is 4.74 Å². The molecule has 0 N–H and O–H groups in total. The lowest BCUT2D eigenvalue weighted by atomic mass is 9.79. The Morgan fingerprint density at radius 3 is 2.25 bits per heavy atom. The van der Waals surface area contributed by atoms with E-state index in [2.05, 4.69) is 6.92 Å². The summed E-state index contributed by atoms with van der Waals surface area (Å²) in [7, 11) is -2.73. The van der Waals surface area contributed by atoms with Crippen molar-refractivity contribution in [2.45, 2.75) is 25.4 Å². The molecule has 0 radical (unpaired) electrons. The van der Waals surface area contributed by atoms with Crippen molar-refractivity contribution in [2.75, 3.05) is 18.1 Å². The molecular weight excluding hydrogens is 176 g/mol. The molecule has 1 spiro atoms. The Hall–Kier alpha value is -0.0900. The smallest absolute Gasteiger partial charge is 0.150 e. The van der Waals surface area contributed by atoms with Gasteiger partial charge in [-0.05, 0) is 12.8 Å². The van der Waals surface area contributed by atoms with Gasteiger partial charge in [0.15, 0.2) is 9.84 Å². The molecule has 0 aromatic rings. The topological polar surface area (TPSA) is 43.4 Å². The van der Waals surface area contributed by atoms with Gasteiger partial charge < -0.3 is 4.74 Å². The molecule has 0 unspecified atom stereocenters. The molecule has 0 amide bonds. The molecular formula is C8H14O3S. The number of sulfone groups is 1. The SMILES string of the molecule is C[C@H]1COC12CCS(=O)(=O)CC2. The van der Waals surface area contributed by atoms with Crippen LogP contribution in [0.2, 0.25) is 0 Å². The van der Waals surface area contributed by atoms with Crippen LogP contribution in [0.25, 0.3) is 0 Å². The van der Waals surface area contributed by atoms with Crippen molar-refractivity contribution in [3.05, 3.63) is 0 Å². The third-order valence-electron chi connectivity index (χ3n) is 3.19. The Bertz CT molecular complexity index is 267. The van der Waals surface area contributed by atoms with Crippen LogP contribution in [0.15, 0.2) is 0 Å². The molecule has 12 heavy (non-hydrogen) atoms. The molecule has 2 saturated heterocycles. The average molecular weight is 190 g/mol. The second-order valence-corrected chi connectivity index (χ2v) is 6.23. The number of ether oxygens (including phenoxy) is 1. The minimum absolute atomic E-state index is 0.0642. The third-order valence-corrected chi connectivity index (χ3v) is 4.84. The van der Waals surface area contributed by atoms with Crippen LogP contribution >= 0.6 is 0 Å². The lowest BCUT2D eigenvalue weighted by Crippen LogP contribution is -2.56. The minimum atomic E-state index is -2.73. The van der Waals surface area contributed by atoms with E-state index in [0.29, 0.717) is 30.3 Å². The van der Waals surface area contributed by atoms with Crippen LogP contribution in [-0.4, -0.2) is 32.1 Å². The van der Waals surface area contributed by atoms with Crippen molar-refractivity contribution in [1.29, 1.82) is 0 Å². The summed E-state index contributed by atoms with van der Waals surface area (Å²) in [5, 5.41) is 0. The molecule has 0 bridgehead atoms. The fourth-order valence-electron chi connectivity index (χ4n) is 2.01. The van der Waals surface area contributed by atoms with Gasteiger partial charge in [0.1, 0.15) is 0 Å². The van der Waals surface area contributed by atoms with Crippen LogP contribution in [-0.2, 0) is 14.6 Å². The van der Waals surface area contributed by atoms with E-state index in [-0.39, 0.29) is 5.60 Å². The predicted octanol–water partition coefficient (Wildman–Crippen LogP) is 0.600. The van der Waals surface area contributed by atoms with Gasteiger partial charge in [-0.2, -0.15) is 0 Å². The molecule has 2 aliphatic rings. The number of hydrogen-bond acceptors (Lipinski definition) is 3. The zero-order valence-electron chi connectivity index (χ0n) is 7.25. The van der Waals surface area contributed by atoms with Crippen molar-refractivity contribution in [3.8, 4) is 0 Å². The Balaban J connectivity index is 2.07. The number of hydrogen-bond donors (Lipinski definition) is 0. The highest BCUT2D eigenvalue weighted by atomic mass is 32.2. The van der Waals surface area contributed by atoms with Gasteiger partial charge >= 0.3 is 0 Å². The molecule has 0 aromatic carbocycles. The lowest BCUT2D eigenvalue weighted by molar-refractivity contribution is -0.201. The maximum atomic E-state index is 11.1. The average Bonchev–Trinajstić information content (AvgIpc) is 2.02. The van der Waals surface area contributed by atoms with Crippen LogP contribution in [0.1, 0.15) is 19.8 Å². The summed E-state index contributed by atoms with van der Waals surface area (Å²) in [5.74, 6) is 1.18. The molecule has 3 nitrogen and oxygen atoms in total. The summed E-state index contributed by atoms with van der Waals surface area (Å²) >= 11 is 0. The van der Waals surface area contributed by atoms with Crippen molar-refractivity contribution in [2.24, 2.45) is 5.92 Å². The zero-order chi connectivity index (χ0) is 8.82. The molecule has 2 fully saturated rings. The fraction of sp³-hybridized carbons (Fsp3) is 1.00. The van der Waals surface area contributed by atoms with Crippen LogP contribution in [0.4, 0.5) is 0 Å². The molecule has 4 heteroatoms. The quantitative estimate of drug-likeness (QED) is 0.562. The fourth-order valence-corrected chi connectivity index (χ4v) is 3.52. The number of rotatable bonds is 0. The maximum absolute atomic E-state index is 11.1. The first-order valence-electron chi connectivity index (χ1n) is 4.38. The van der Waals surface area contributed by atoms with Gasteiger partial charge in [0.05, 0.1) is 23.7 Å². The maximum Gasteiger partial charge on any atom is 0.150 e. The summed E-state index contributed by atoms with van der Waals surface area (Å²) in [4.78, 5) is 0. The van der Waals surface area contributed by atoms with Gasteiger partial charge in [-0.1, -0.05) is 6.92 Å². The summed E-state index contributed by atoms with van der Waals surface area (Å²) < 4.78 is 27.8. The second-order valence-electron chi connectivity index (χ2n) is 3.93. The molecule has 0 saturated carbocycles. The van der Waals surface area contributed by atoms with E-state index in [9.17, 15) is 8.42 Å². The summed E-state index contributed by atoms with van der Waals surface area (Å²) in [6, 6.07) is 0. The van der Waals surface area contributed by atoms with E-state index < -0.39 is 9.84 Å². The highest BCUT2D eigenvalue weighted by Crippen LogP contribution is 2.41. The van der Waals surface area contributed by atoms with E-state index in [0.717, 1.165) is 6.61 Å². The standard InChI is InChI=1S/C8H14O3S/c1-7-6-11-8(7)2-4-12(9,10)5-3-8/h7H,2-6H2,1H3/t7-/m0/s1. The van der Waals surface area contributed by atoms with Crippen molar-refractivity contribution >= 4 is 9.84 Å². The molecule has 1 atom stereocenters. The molecule has 0 aliphatic carbocycles. The summed E-state index contributed by atoms with van der Waals surface area (Å²) in [6.07, 6.45) is 1.41. The molecule has 2 aliphatic heterocycles. The third kappa shape index (κ3) is 1.17. The van der Waals surface area contributed by atoms with Crippen LogP contribution in [0, 0.1) is 5.92 Å². The van der Waals surface area contributed by atoms with Crippen LogP contribution in [0.3, 0.4) is 0 Å². The van der Waals surface area contributed by atoms with Crippen molar-refractivity contribution in [3.63, 3.8) is 0 Å². The van der Waals surface area contributed by atoms with Gasteiger partial charge in [0.2, 0.25) is 0 Å². The molecule has 70 valence electrons. The minimum Gasteiger partial charge on any atom is -0.374 e. The Morgan fingerprint density at radius 2 is 1.92 bits per heavy atom. The Labute approximate surface area is 73.0 Å². The second kappa shape index (κ2) is 2.45. The zero-order valence-corrected chi connectivity index (χ0v) is 8.06. The molecule has 2 heterocycles. The van der Waals surface area contributed by atoms with Gasteiger partial charge in [-0.3, -0.25) is 0 Å². The Kier molecular flexibility index (Phi) is 1.74. The van der Waals surface area contributed by atoms with Gasteiger partial charge in [-0.15, -0.1) is 0 Å². The first-order valence-corrected chi connectivity index (χ1v) is 6.21. The highest BCUT2D eigenvalue weighted by Gasteiger charge is 2.48. The first kappa shape index (κ1) is 8.51. The van der Waals surface area contributed by atoms with E-state index in [1.54, 1.807) is 0 Å². The first-order chi connectivity index (χ1) is 5.54. The van der Waals surface area contributed by atoms with Crippen molar-refractivity contribution < 1.29 is 13.2 Å². The summed E-state index contributed by atoms with van der Waals surface area (Å²) in [6.45, 7) is 2.95. The van der Waals surface area contributed by atoms with E-state index >= 15 is 0 Å². The van der Waals surface area contributed by atoms with E-state index in [1.807, 2.05) is 0 Å². The van der Waals surface area contributed by atoms with Gasteiger partial charge in [0, 0.05) is 5.92 Å². The summed E-state index contributed by atoms with van der Waals surface area (Å²) in [5.41, 5.74) is -0.0642. The predicted molar refractivity (Wildman–Crippen MR) is 45.7 cm³/mol. The highest BCUT2D eigenvalue weighted by molar-refractivity contribution is 7.91.